The molecule has 0 atom stereocenters. The molecule has 2 N–H and O–H groups in total. The molecular weight excluding hydrogens is 278 g/mol. The van der Waals surface area contributed by atoms with Gasteiger partial charge in [-0.05, 0) is 36.1 Å². The van der Waals surface area contributed by atoms with Gasteiger partial charge in [-0.15, -0.1) is 11.8 Å². The van der Waals surface area contributed by atoms with Gasteiger partial charge in [0.15, 0.2) is 5.78 Å². The summed E-state index contributed by atoms with van der Waals surface area (Å²) in [7, 11) is 0. The van der Waals surface area contributed by atoms with Crippen molar-refractivity contribution in [2.75, 3.05) is 11.5 Å². The van der Waals surface area contributed by atoms with Crippen molar-refractivity contribution in [3.8, 4) is 0 Å². The Morgan fingerprint density at radius 2 is 2.05 bits per heavy atom. The summed E-state index contributed by atoms with van der Waals surface area (Å²) >= 11 is 7.62. The summed E-state index contributed by atoms with van der Waals surface area (Å²) in [5.74, 6) is 0.851. The van der Waals surface area contributed by atoms with Crippen LogP contribution in [-0.4, -0.2) is 11.5 Å². The van der Waals surface area contributed by atoms with Crippen LogP contribution in [-0.2, 0) is 0 Å². The Bertz CT molecular complexity index is 613. The van der Waals surface area contributed by atoms with E-state index in [0.717, 1.165) is 10.6 Å². The van der Waals surface area contributed by atoms with Gasteiger partial charge in [0.2, 0.25) is 0 Å². The van der Waals surface area contributed by atoms with Crippen molar-refractivity contribution < 1.29 is 4.79 Å². The highest BCUT2D eigenvalue weighted by Crippen LogP contribution is 2.28. The van der Waals surface area contributed by atoms with Crippen LogP contribution in [0.1, 0.15) is 22.8 Å². The fourth-order valence-electron chi connectivity index (χ4n) is 1.80. The SMILES string of the molecule is CCSc1ccc(Cl)cc1C(=O)c1cccc(N)c1. The average molecular weight is 292 g/mol. The lowest BCUT2D eigenvalue weighted by Crippen LogP contribution is -2.04. The molecule has 0 spiro atoms. The molecule has 0 fully saturated rings. The number of carbonyl (C=O) groups is 1. The average Bonchev–Trinajstić information content (AvgIpc) is 2.40. The first-order chi connectivity index (χ1) is 9.11. The second kappa shape index (κ2) is 6.13. The quantitative estimate of drug-likeness (QED) is 0.520. The standard InChI is InChI=1S/C15H14ClNOS/c1-2-19-14-7-6-11(16)9-13(14)15(18)10-4-3-5-12(17)8-10/h3-9H,2,17H2,1H3. The molecule has 4 heteroatoms. The molecule has 2 nitrogen and oxygen atoms in total. The van der Waals surface area contributed by atoms with Crippen LogP contribution in [0.15, 0.2) is 47.4 Å². The lowest BCUT2D eigenvalue weighted by molar-refractivity contribution is 0.103. The van der Waals surface area contributed by atoms with Crippen molar-refractivity contribution in [1.82, 2.24) is 0 Å². The molecule has 0 saturated heterocycles. The number of hydrogen-bond donors (Lipinski definition) is 1. The van der Waals surface area contributed by atoms with E-state index < -0.39 is 0 Å². The van der Waals surface area contributed by atoms with Gasteiger partial charge in [0.1, 0.15) is 0 Å². The van der Waals surface area contributed by atoms with E-state index in [1.54, 1.807) is 48.2 Å². The van der Waals surface area contributed by atoms with E-state index in [-0.39, 0.29) is 5.78 Å². The van der Waals surface area contributed by atoms with Gasteiger partial charge in [-0.25, -0.2) is 0 Å². The minimum Gasteiger partial charge on any atom is -0.399 e. The smallest absolute Gasteiger partial charge is 0.194 e. The predicted octanol–water partition coefficient (Wildman–Crippen LogP) is 4.27. The number of carbonyl (C=O) groups excluding carboxylic acids is 1. The third-order valence-electron chi connectivity index (χ3n) is 2.63. The predicted molar refractivity (Wildman–Crippen MR) is 82.1 cm³/mol. The van der Waals surface area contributed by atoms with Crippen LogP contribution < -0.4 is 5.73 Å². The van der Waals surface area contributed by atoms with Crippen LogP contribution in [0.4, 0.5) is 5.69 Å². The summed E-state index contributed by atoms with van der Waals surface area (Å²) in [5, 5.41) is 0.563. The van der Waals surface area contributed by atoms with Gasteiger partial charge in [0.05, 0.1) is 0 Å². The summed E-state index contributed by atoms with van der Waals surface area (Å²) in [6, 6.07) is 12.4. The summed E-state index contributed by atoms with van der Waals surface area (Å²) in [6.45, 7) is 2.05. The highest BCUT2D eigenvalue weighted by Gasteiger charge is 2.14. The van der Waals surface area contributed by atoms with E-state index in [0.29, 0.717) is 21.8 Å². The molecule has 2 rings (SSSR count). The highest BCUT2D eigenvalue weighted by molar-refractivity contribution is 7.99. The topological polar surface area (TPSA) is 43.1 Å². The Balaban J connectivity index is 2.45. The van der Waals surface area contributed by atoms with E-state index in [2.05, 4.69) is 0 Å². The Kier molecular flexibility index (Phi) is 4.51. The molecule has 2 aromatic carbocycles. The zero-order valence-corrected chi connectivity index (χ0v) is 12.1. The van der Waals surface area contributed by atoms with Crippen molar-refractivity contribution in [3.63, 3.8) is 0 Å². The number of anilines is 1. The van der Waals surface area contributed by atoms with Crippen molar-refractivity contribution in [2.45, 2.75) is 11.8 Å². The third kappa shape index (κ3) is 3.31. The molecule has 0 aliphatic rings. The van der Waals surface area contributed by atoms with E-state index in [1.165, 1.54) is 0 Å². The molecule has 0 heterocycles. The van der Waals surface area contributed by atoms with Crippen LogP contribution in [0.5, 0.6) is 0 Å². The van der Waals surface area contributed by atoms with Gasteiger partial charge in [-0.3, -0.25) is 4.79 Å². The fourth-order valence-corrected chi connectivity index (χ4v) is 2.75. The molecule has 98 valence electrons. The monoisotopic (exact) mass is 291 g/mol. The maximum Gasteiger partial charge on any atom is 0.194 e. The van der Waals surface area contributed by atoms with E-state index >= 15 is 0 Å². The summed E-state index contributed by atoms with van der Waals surface area (Å²) in [4.78, 5) is 13.5. The van der Waals surface area contributed by atoms with E-state index in [4.69, 9.17) is 17.3 Å². The summed E-state index contributed by atoms with van der Waals surface area (Å²) in [6.07, 6.45) is 0. The maximum absolute atomic E-state index is 12.5. The molecule has 19 heavy (non-hydrogen) atoms. The van der Waals surface area contributed by atoms with Crippen LogP contribution in [0.2, 0.25) is 5.02 Å². The Hall–Kier alpha value is -1.45. The van der Waals surface area contributed by atoms with Crippen molar-refractivity contribution in [3.05, 3.63) is 58.6 Å². The molecule has 2 aromatic rings. The first-order valence-electron chi connectivity index (χ1n) is 5.94. The number of benzene rings is 2. The number of nitrogen functional groups attached to an aromatic ring is 1. The first-order valence-corrected chi connectivity index (χ1v) is 7.30. The van der Waals surface area contributed by atoms with Crippen LogP contribution in [0, 0.1) is 0 Å². The largest absolute Gasteiger partial charge is 0.399 e. The van der Waals surface area contributed by atoms with E-state index in [9.17, 15) is 4.79 Å². The lowest BCUT2D eigenvalue weighted by atomic mass is 10.0. The zero-order chi connectivity index (χ0) is 13.8. The molecule has 0 aliphatic heterocycles. The second-order valence-electron chi connectivity index (χ2n) is 4.03. The number of nitrogens with two attached hydrogens (primary N) is 1. The van der Waals surface area contributed by atoms with Crippen molar-refractivity contribution in [2.24, 2.45) is 0 Å². The minimum atomic E-state index is -0.0502. The number of ketones is 1. The number of hydrogen-bond acceptors (Lipinski definition) is 3. The maximum atomic E-state index is 12.5. The normalized spacial score (nSPS) is 10.4. The fraction of sp³-hybridized carbons (Fsp3) is 0.133. The Labute approximate surface area is 122 Å². The molecule has 0 aromatic heterocycles. The Morgan fingerprint density at radius 1 is 1.26 bits per heavy atom. The number of rotatable bonds is 4. The van der Waals surface area contributed by atoms with Crippen LogP contribution in [0.3, 0.4) is 0 Å². The van der Waals surface area contributed by atoms with Crippen LogP contribution >= 0.6 is 23.4 Å². The second-order valence-corrected chi connectivity index (χ2v) is 5.77. The van der Waals surface area contributed by atoms with Crippen LogP contribution in [0.25, 0.3) is 0 Å². The molecule has 0 saturated carbocycles. The van der Waals surface area contributed by atoms with Gasteiger partial charge < -0.3 is 5.73 Å². The Morgan fingerprint density at radius 3 is 2.74 bits per heavy atom. The molecular formula is C15H14ClNOS. The molecule has 0 radical (unpaired) electrons. The van der Waals surface area contributed by atoms with Gasteiger partial charge in [0, 0.05) is 26.7 Å². The number of thioether (sulfide) groups is 1. The highest BCUT2D eigenvalue weighted by atomic mass is 35.5. The molecule has 0 amide bonds. The molecule has 0 aliphatic carbocycles. The third-order valence-corrected chi connectivity index (χ3v) is 3.83. The summed E-state index contributed by atoms with van der Waals surface area (Å²) < 4.78 is 0. The number of halogens is 1. The van der Waals surface area contributed by atoms with Gasteiger partial charge in [-0.2, -0.15) is 0 Å². The van der Waals surface area contributed by atoms with Gasteiger partial charge >= 0.3 is 0 Å². The lowest BCUT2D eigenvalue weighted by Gasteiger charge is -2.08. The van der Waals surface area contributed by atoms with Crippen molar-refractivity contribution >= 4 is 34.8 Å². The van der Waals surface area contributed by atoms with Crippen molar-refractivity contribution in [1.29, 1.82) is 0 Å². The molecule has 0 unspecified atom stereocenters. The van der Waals surface area contributed by atoms with Gasteiger partial charge in [0.25, 0.3) is 0 Å². The molecule has 0 bridgehead atoms. The summed E-state index contributed by atoms with van der Waals surface area (Å²) in [5.41, 5.74) is 7.51. The van der Waals surface area contributed by atoms with Gasteiger partial charge in [-0.1, -0.05) is 30.7 Å². The first kappa shape index (κ1) is 14.0. The van der Waals surface area contributed by atoms with E-state index in [1.807, 2.05) is 13.0 Å². The minimum absolute atomic E-state index is 0.0502. The zero-order valence-electron chi connectivity index (χ0n) is 10.5.